The van der Waals surface area contributed by atoms with Crippen molar-refractivity contribution in [1.82, 2.24) is 0 Å². The van der Waals surface area contributed by atoms with Gasteiger partial charge in [-0.25, -0.2) is 4.79 Å². The van der Waals surface area contributed by atoms with Crippen molar-refractivity contribution in [1.29, 1.82) is 0 Å². The van der Waals surface area contributed by atoms with E-state index < -0.39 is 29.4 Å². The molecule has 0 saturated carbocycles. The first-order chi connectivity index (χ1) is 10.2. The van der Waals surface area contributed by atoms with E-state index in [2.05, 4.69) is 0 Å². The topological polar surface area (TPSA) is 94.8 Å². The lowest BCUT2D eigenvalue weighted by atomic mass is 9.56. The maximum absolute atomic E-state index is 11.9. The highest BCUT2D eigenvalue weighted by Crippen LogP contribution is 2.47. The third-order valence-corrected chi connectivity index (χ3v) is 4.53. The molecule has 5 nitrogen and oxygen atoms in total. The van der Waals surface area contributed by atoms with Crippen molar-refractivity contribution in [3.8, 4) is 0 Å². The second-order valence-corrected chi connectivity index (χ2v) is 6.21. The first kappa shape index (κ1) is 18.2. The SMILES string of the molecule is CC(C)C(c1ccccc1)(C(C)C)[C@@H](C(=O)O)[C@H](O)C(=O)O. The minimum atomic E-state index is -1.97. The lowest BCUT2D eigenvalue weighted by Gasteiger charge is -2.47. The summed E-state index contributed by atoms with van der Waals surface area (Å²) in [7, 11) is 0. The Kier molecular flexibility index (Phi) is 5.72. The van der Waals surface area contributed by atoms with Gasteiger partial charge in [0.05, 0.1) is 0 Å². The third-order valence-electron chi connectivity index (χ3n) is 4.53. The van der Waals surface area contributed by atoms with E-state index in [1.165, 1.54) is 0 Å². The largest absolute Gasteiger partial charge is 0.481 e. The maximum atomic E-state index is 11.9. The van der Waals surface area contributed by atoms with Crippen LogP contribution in [0.3, 0.4) is 0 Å². The van der Waals surface area contributed by atoms with E-state index in [4.69, 9.17) is 5.11 Å². The predicted octanol–water partition coefficient (Wildman–Crippen LogP) is 2.38. The average molecular weight is 308 g/mol. The molecule has 0 saturated heterocycles. The fraction of sp³-hybridized carbons (Fsp3) is 0.529. The van der Waals surface area contributed by atoms with Crippen molar-refractivity contribution in [3.05, 3.63) is 35.9 Å². The fourth-order valence-electron chi connectivity index (χ4n) is 3.70. The summed E-state index contributed by atoms with van der Waals surface area (Å²) in [6.45, 7) is 7.43. The minimum Gasteiger partial charge on any atom is -0.481 e. The molecule has 1 aromatic carbocycles. The van der Waals surface area contributed by atoms with Crippen molar-refractivity contribution >= 4 is 11.9 Å². The van der Waals surface area contributed by atoms with Gasteiger partial charge in [-0.3, -0.25) is 4.79 Å². The molecule has 0 spiro atoms. The highest BCUT2D eigenvalue weighted by Gasteiger charge is 2.54. The number of hydrogen-bond donors (Lipinski definition) is 3. The summed E-state index contributed by atoms with van der Waals surface area (Å²) in [5.41, 5.74) is -0.266. The van der Waals surface area contributed by atoms with Crippen molar-refractivity contribution in [2.75, 3.05) is 0 Å². The quantitative estimate of drug-likeness (QED) is 0.719. The number of hydrogen-bond acceptors (Lipinski definition) is 3. The van der Waals surface area contributed by atoms with Gasteiger partial charge in [-0.1, -0.05) is 58.0 Å². The van der Waals surface area contributed by atoms with Gasteiger partial charge in [0.25, 0.3) is 0 Å². The molecule has 2 atom stereocenters. The van der Waals surface area contributed by atoms with Crippen LogP contribution in [-0.2, 0) is 15.0 Å². The zero-order chi connectivity index (χ0) is 17.1. The number of carboxylic acid groups (broad SMARTS) is 2. The number of carbonyl (C=O) groups is 2. The smallest absolute Gasteiger partial charge is 0.333 e. The van der Waals surface area contributed by atoms with E-state index in [0.717, 1.165) is 5.56 Å². The van der Waals surface area contributed by atoms with Crippen LogP contribution in [0.5, 0.6) is 0 Å². The average Bonchev–Trinajstić information content (AvgIpc) is 2.43. The van der Waals surface area contributed by atoms with Crippen LogP contribution in [0.25, 0.3) is 0 Å². The number of carboxylic acids is 2. The molecule has 1 rings (SSSR count). The van der Waals surface area contributed by atoms with Crippen LogP contribution in [0.1, 0.15) is 33.3 Å². The summed E-state index contributed by atoms with van der Waals surface area (Å²) in [5, 5.41) is 28.9. The molecular weight excluding hydrogens is 284 g/mol. The summed E-state index contributed by atoms with van der Waals surface area (Å²) in [6, 6.07) is 9.00. The summed E-state index contributed by atoms with van der Waals surface area (Å²) in [4.78, 5) is 23.1. The molecule has 0 aliphatic heterocycles. The minimum absolute atomic E-state index is 0.176. The van der Waals surface area contributed by atoms with Crippen molar-refractivity contribution in [2.24, 2.45) is 17.8 Å². The van der Waals surface area contributed by atoms with Crippen LogP contribution >= 0.6 is 0 Å². The molecule has 0 unspecified atom stereocenters. The Balaban J connectivity index is 3.67. The van der Waals surface area contributed by atoms with Crippen LogP contribution in [0.4, 0.5) is 0 Å². The number of aliphatic hydroxyl groups is 1. The molecule has 22 heavy (non-hydrogen) atoms. The first-order valence-corrected chi connectivity index (χ1v) is 7.36. The Labute approximate surface area is 130 Å². The molecule has 1 aromatic rings. The molecule has 3 N–H and O–H groups in total. The van der Waals surface area contributed by atoms with Crippen molar-refractivity contribution in [2.45, 2.75) is 39.2 Å². The molecule has 0 bridgehead atoms. The molecule has 0 aliphatic carbocycles. The van der Waals surface area contributed by atoms with Gasteiger partial charge in [-0.15, -0.1) is 0 Å². The highest BCUT2D eigenvalue weighted by molar-refractivity contribution is 5.83. The number of aliphatic hydroxyl groups excluding tert-OH is 1. The van der Waals surface area contributed by atoms with Crippen molar-refractivity contribution in [3.63, 3.8) is 0 Å². The Morgan fingerprint density at radius 1 is 0.909 bits per heavy atom. The van der Waals surface area contributed by atoms with E-state index in [1.807, 2.05) is 33.8 Å². The van der Waals surface area contributed by atoms with Gasteiger partial charge in [0.15, 0.2) is 6.10 Å². The van der Waals surface area contributed by atoms with Gasteiger partial charge in [0.1, 0.15) is 5.92 Å². The van der Waals surface area contributed by atoms with E-state index in [-0.39, 0.29) is 11.8 Å². The van der Waals surface area contributed by atoms with Gasteiger partial charge >= 0.3 is 11.9 Å². The van der Waals surface area contributed by atoms with Gasteiger partial charge in [0.2, 0.25) is 0 Å². The summed E-state index contributed by atoms with van der Waals surface area (Å²) < 4.78 is 0. The van der Waals surface area contributed by atoms with Gasteiger partial charge in [-0.2, -0.15) is 0 Å². The standard InChI is InChI=1S/C17H24O5/c1-10(2)17(11(3)4,12-8-6-5-7-9-12)13(15(19)20)14(18)16(21)22/h5-11,13-14,18H,1-4H3,(H,19,20)(H,21,22)/t13-,14+/m1/s1. The molecule has 5 heteroatoms. The van der Waals surface area contributed by atoms with Gasteiger partial charge < -0.3 is 15.3 Å². The van der Waals surface area contributed by atoms with Crippen LogP contribution in [0, 0.1) is 17.8 Å². The van der Waals surface area contributed by atoms with E-state index >= 15 is 0 Å². The van der Waals surface area contributed by atoms with Crippen LogP contribution in [0.15, 0.2) is 30.3 Å². The van der Waals surface area contributed by atoms with E-state index in [0.29, 0.717) is 0 Å². The molecular formula is C17H24O5. The Morgan fingerprint density at radius 2 is 1.36 bits per heavy atom. The molecule has 0 heterocycles. The second-order valence-electron chi connectivity index (χ2n) is 6.21. The molecule has 122 valence electrons. The van der Waals surface area contributed by atoms with Gasteiger partial charge in [-0.05, 0) is 17.4 Å². The Bertz CT molecular complexity index is 513. The Hall–Kier alpha value is -1.88. The number of rotatable bonds is 7. The molecule has 0 aromatic heterocycles. The molecule has 0 fully saturated rings. The molecule has 0 radical (unpaired) electrons. The third kappa shape index (κ3) is 2.99. The van der Waals surface area contributed by atoms with Gasteiger partial charge in [0, 0.05) is 5.41 Å². The summed E-state index contributed by atoms with van der Waals surface area (Å²) >= 11 is 0. The monoisotopic (exact) mass is 308 g/mol. The zero-order valence-electron chi connectivity index (χ0n) is 13.4. The van der Waals surface area contributed by atoms with E-state index in [1.54, 1.807) is 24.3 Å². The van der Waals surface area contributed by atoms with E-state index in [9.17, 15) is 19.8 Å². The summed E-state index contributed by atoms with van der Waals surface area (Å²) in [5.74, 6) is -4.61. The first-order valence-electron chi connectivity index (χ1n) is 7.36. The van der Waals surface area contributed by atoms with Crippen LogP contribution in [0.2, 0.25) is 0 Å². The van der Waals surface area contributed by atoms with Crippen molar-refractivity contribution < 1.29 is 24.9 Å². The fourth-order valence-corrected chi connectivity index (χ4v) is 3.70. The zero-order valence-corrected chi connectivity index (χ0v) is 13.4. The number of benzene rings is 1. The maximum Gasteiger partial charge on any atom is 0.333 e. The normalized spacial score (nSPS) is 14.9. The lowest BCUT2D eigenvalue weighted by Crippen LogP contribution is -2.55. The predicted molar refractivity (Wildman–Crippen MR) is 82.6 cm³/mol. The second kappa shape index (κ2) is 6.92. The Morgan fingerprint density at radius 3 is 1.68 bits per heavy atom. The highest BCUT2D eigenvalue weighted by atomic mass is 16.4. The molecule has 0 amide bonds. The lowest BCUT2D eigenvalue weighted by molar-refractivity contribution is -0.166. The summed E-state index contributed by atoms with van der Waals surface area (Å²) in [6.07, 6.45) is -1.97. The molecule has 0 aliphatic rings. The van der Waals surface area contributed by atoms with Crippen LogP contribution in [-0.4, -0.2) is 33.4 Å². The van der Waals surface area contributed by atoms with Crippen LogP contribution < -0.4 is 0 Å². The number of aliphatic carboxylic acids is 2.